The zero-order valence-electron chi connectivity index (χ0n) is 23.5. The summed E-state index contributed by atoms with van der Waals surface area (Å²) in [4.78, 5) is 55.8. The number of ether oxygens (including phenoxy) is 2. The Morgan fingerprint density at radius 3 is 2.38 bits per heavy atom. The number of allylic oxidation sites excluding steroid dienone is 6. The predicted molar refractivity (Wildman–Crippen MR) is 151 cm³/mol. The topological polar surface area (TPSA) is 130 Å². The first kappa shape index (κ1) is 27.5. The summed E-state index contributed by atoms with van der Waals surface area (Å²) in [5, 5.41) is 20.8. The highest BCUT2D eigenvalue weighted by atomic mass is 16.5. The monoisotopic (exact) mass is 569 g/mol. The molecule has 0 radical (unpaired) electrons. The van der Waals surface area contributed by atoms with Crippen LogP contribution in [0.1, 0.15) is 36.8 Å². The smallest absolute Gasteiger partial charge is 0.233 e. The minimum absolute atomic E-state index is 0.137. The molecule has 9 nitrogen and oxygen atoms in total. The molecule has 6 rings (SSSR count). The van der Waals surface area contributed by atoms with E-state index in [9.17, 15) is 29.4 Å². The van der Waals surface area contributed by atoms with Gasteiger partial charge in [0.05, 0.1) is 26.1 Å². The summed E-state index contributed by atoms with van der Waals surface area (Å²) in [6, 6.07) is 9.67. The summed E-state index contributed by atoms with van der Waals surface area (Å²) in [6.45, 7) is 1.79. The molecule has 0 unspecified atom stereocenters. The van der Waals surface area contributed by atoms with Crippen molar-refractivity contribution in [1.29, 1.82) is 0 Å². The van der Waals surface area contributed by atoms with Gasteiger partial charge in [-0.25, -0.2) is 0 Å². The van der Waals surface area contributed by atoms with Crippen molar-refractivity contribution in [3.63, 3.8) is 0 Å². The average molecular weight is 570 g/mol. The summed E-state index contributed by atoms with van der Waals surface area (Å²) in [5.74, 6) is -3.16. The SMILES string of the molecule is COc1cc(O)c([C@H]2C3=CC[C@@H]4C(=O)N(CCc5ccc(O)cc5)C(=O)[C@@H]4[C@@H]3CC3=C2C(=O)C=C(C)C3=O)c(OC)c1. The van der Waals surface area contributed by atoms with Gasteiger partial charge in [0.1, 0.15) is 23.0 Å². The summed E-state index contributed by atoms with van der Waals surface area (Å²) in [6.07, 6.45) is 4.11. The zero-order chi connectivity index (χ0) is 29.9. The lowest BCUT2D eigenvalue weighted by Crippen LogP contribution is -2.40. The molecule has 42 heavy (non-hydrogen) atoms. The number of amides is 2. The van der Waals surface area contributed by atoms with E-state index in [1.54, 1.807) is 37.3 Å². The molecular formula is C33H31NO8. The van der Waals surface area contributed by atoms with Crippen LogP contribution in [0.4, 0.5) is 0 Å². The maximum atomic E-state index is 13.9. The van der Waals surface area contributed by atoms with E-state index in [1.165, 1.54) is 31.3 Å². The maximum Gasteiger partial charge on any atom is 0.233 e. The predicted octanol–water partition coefficient (Wildman–Crippen LogP) is 3.79. The van der Waals surface area contributed by atoms with Crippen molar-refractivity contribution in [1.82, 2.24) is 4.90 Å². The Balaban J connectivity index is 1.42. The lowest BCUT2D eigenvalue weighted by atomic mass is 9.59. The van der Waals surface area contributed by atoms with Gasteiger partial charge < -0.3 is 19.7 Å². The van der Waals surface area contributed by atoms with Gasteiger partial charge in [-0.05, 0) is 55.9 Å². The minimum atomic E-state index is -0.838. The van der Waals surface area contributed by atoms with E-state index < -0.39 is 23.7 Å². The third-order valence-electron chi connectivity index (χ3n) is 9.05. The standard InChI is InChI=1S/C33H31NO8/c1-16-12-24(36)28-23(31(16)38)15-22-20(29(28)30-25(37)13-19(41-2)14-26(30)42-3)8-9-21-27(22)33(40)34(32(21)39)11-10-17-4-6-18(35)7-5-17/h4-8,12-14,21-22,27,29,35,37H,9-11,15H2,1-3H3/t21-,22+,27-,29-/m0/s1. The van der Waals surface area contributed by atoms with E-state index in [0.717, 1.165) is 11.1 Å². The number of fused-ring (bicyclic) bond motifs is 3. The first-order valence-corrected chi connectivity index (χ1v) is 13.9. The van der Waals surface area contributed by atoms with Gasteiger partial charge in [-0.2, -0.15) is 0 Å². The molecular weight excluding hydrogens is 538 g/mol. The summed E-state index contributed by atoms with van der Waals surface area (Å²) in [7, 11) is 2.91. The number of ketones is 2. The zero-order valence-corrected chi connectivity index (χ0v) is 23.5. The molecule has 9 heteroatoms. The van der Waals surface area contributed by atoms with E-state index >= 15 is 0 Å². The fraction of sp³-hybridized carbons (Fsp3) is 0.333. The first-order chi connectivity index (χ1) is 20.1. The number of phenols is 2. The van der Waals surface area contributed by atoms with E-state index in [0.29, 0.717) is 35.3 Å². The molecule has 0 bridgehead atoms. The molecule has 4 aliphatic rings. The molecule has 2 N–H and O–H groups in total. The highest BCUT2D eigenvalue weighted by molar-refractivity contribution is 6.23. The van der Waals surface area contributed by atoms with E-state index in [1.807, 2.05) is 6.08 Å². The molecule has 1 heterocycles. The maximum absolute atomic E-state index is 13.9. The van der Waals surface area contributed by atoms with Crippen molar-refractivity contribution in [3.05, 3.63) is 82.0 Å². The number of hydrogen-bond donors (Lipinski definition) is 2. The van der Waals surface area contributed by atoms with Crippen molar-refractivity contribution in [2.24, 2.45) is 17.8 Å². The molecule has 216 valence electrons. The summed E-state index contributed by atoms with van der Waals surface area (Å²) in [5.41, 5.74) is 2.82. The second-order valence-corrected chi connectivity index (χ2v) is 11.2. The first-order valence-electron chi connectivity index (χ1n) is 13.9. The lowest BCUT2D eigenvalue weighted by Gasteiger charge is -2.42. The number of Topliss-reactive ketones (excluding diaryl/α,β-unsaturated/α-hetero) is 1. The number of hydrogen-bond acceptors (Lipinski definition) is 8. The minimum Gasteiger partial charge on any atom is -0.508 e. The molecule has 2 amide bonds. The van der Waals surface area contributed by atoms with Crippen LogP contribution >= 0.6 is 0 Å². The molecule has 0 aromatic heterocycles. The Bertz CT molecular complexity index is 1630. The highest BCUT2D eigenvalue weighted by Crippen LogP contribution is 2.57. The van der Waals surface area contributed by atoms with Crippen molar-refractivity contribution in [2.45, 2.75) is 32.1 Å². The molecule has 1 saturated heterocycles. The quantitative estimate of drug-likeness (QED) is 0.305. The third-order valence-corrected chi connectivity index (χ3v) is 9.05. The van der Waals surface area contributed by atoms with Crippen molar-refractivity contribution in [2.75, 3.05) is 20.8 Å². The number of rotatable bonds is 6. The van der Waals surface area contributed by atoms with Gasteiger partial charge in [0.25, 0.3) is 0 Å². The van der Waals surface area contributed by atoms with Gasteiger partial charge >= 0.3 is 0 Å². The van der Waals surface area contributed by atoms with E-state index in [-0.39, 0.29) is 59.2 Å². The largest absolute Gasteiger partial charge is 0.508 e. The van der Waals surface area contributed by atoms with Crippen molar-refractivity contribution in [3.8, 4) is 23.0 Å². The molecule has 2 aromatic rings. The Morgan fingerprint density at radius 1 is 0.952 bits per heavy atom. The van der Waals surface area contributed by atoms with Crippen LogP contribution in [-0.4, -0.2) is 59.3 Å². The normalized spacial score (nSPS) is 25.1. The van der Waals surface area contributed by atoms with Gasteiger partial charge in [0.2, 0.25) is 11.8 Å². The van der Waals surface area contributed by atoms with Gasteiger partial charge in [-0.1, -0.05) is 23.8 Å². The number of aromatic hydroxyl groups is 2. The fourth-order valence-corrected chi connectivity index (χ4v) is 7.07. The van der Waals surface area contributed by atoms with Gasteiger partial charge in [-0.3, -0.25) is 24.1 Å². The van der Waals surface area contributed by atoms with Crippen LogP contribution < -0.4 is 9.47 Å². The number of likely N-dealkylation sites (tertiary alicyclic amines) is 1. The molecule has 2 aromatic carbocycles. The average Bonchev–Trinajstić information content (AvgIpc) is 3.23. The number of phenolic OH excluding ortho intramolecular Hbond substituents is 2. The van der Waals surface area contributed by atoms with Crippen LogP contribution in [0.3, 0.4) is 0 Å². The molecule has 0 spiro atoms. The van der Waals surface area contributed by atoms with Crippen molar-refractivity contribution < 1.29 is 38.9 Å². The molecule has 1 aliphatic heterocycles. The summed E-state index contributed by atoms with van der Waals surface area (Å²) < 4.78 is 10.9. The Labute approximate surface area is 242 Å². The van der Waals surface area contributed by atoms with Crippen LogP contribution in [0.5, 0.6) is 23.0 Å². The van der Waals surface area contributed by atoms with Crippen molar-refractivity contribution >= 4 is 23.4 Å². The van der Waals surface area contributed by atoms with Crippen LogP contribution in [0.25, 0.3) is 0 Å². The number of carbonyl (C=O) groups excluding carboxylic acids is 4. The Morgan fingerprint density at radius 2 is 1.69 bits per heavy atom. The second-order valence-electron chi connectivity index (χ2n) is 11.2. The number of nitrogens with zero attached hydrogens (tertiary/aromatic N) is 1. The fourth-order valence-electron chi connectivity index (χ4n) is 7.07. The molecule has 3 aliphatic carbocycles. The van der Waals surface area contributed by atoms with Gasteiger partial charge in [-0.15, -0.1) is 0 Å². The Kier molecular flexibility index (Phi) is 6.75. The number of methoxy groups -OCH3 is 2. The highest BCUT2D eigenvalue weighted by Gasteiger charge is 2.56. The van der Waals surface area contributed by atoms with Crippen LogP contribution in [0.15, 0.2) is 70.8 Å². The number of imide groups is 1. The summed E-state index contributed by atoms with van der Waals surface area (Å²) >= 11 is 0. The molecule has 0 saturated carbocycles. The number of carbonyl (C=O) groups is 4. The number of benzene rings is 2. The van der Waals surface area contributed by atoms with Crippen LogP contribution in [-0.2, 0) is 25.6 Å². The lowest BCUT2D eigenvalue weighted by molar-refractivity contribution is -0.140. The third kappa shape index (κ3) is 4.22. The molecule has 4 atom stereocenters. The second kappa shape index (κ2) is 10.3. The van der Waals surface area contributed by atoms with Crippen LogP contribution in [0, 0.1) is 17.8 Å². The van der Waals surface area contributed by atoms with E-state index in [4.69, 9.17) is 9.47 Å². The van der Waals surface area contributed by atoms with E-state index in [2.05, 4.69) is 0 Å². The van der Waals surface area contributed by atoms with Gasteiger partial charge in [0, 0.05) is 46.9 Å². The van der Waals surface area contributed by atoms with Gasteiger partial charge in [0.15, 0.2) is 11.6 Å². The Hall–Kier alpha value is -4.66. The van der Waals surface area contributed by atoms with Crippen LogP contribution in [0.2, 0.25) is 0 Å². The molecule has 1 fully saturated rings.